The molecule has 0 aliphatic carbocycles. The molecule has 4 rings (SSSR count). The van der Waals surface area contributed by atoms with Gasteiger partial charge in [-0.25, -0.2) is 4.39 Å². The van der Waals surface area contributed by atoms with Crippen molar-refractivity contribution in [3.05, 3.63) is 53.8 Å². The first-order valence-corrected chi connectivity index (χ1v) is 10.9. The lowest BCUT2D eigenvalue weighted by Crippen LogP contribution is -2.46. The van der Waals surface area contributed by atoms with Gasteiger partial charge in [0.05, 0.1) is 23.0 Å². The van der Waals surface area contributed by atoms with Gasteiger partial charge in [0.1, 0.15) is 5.82 Å². The highest BCUT2D eigenvalue weighted by Gasteiger charge is 2.36. The molecule has 164 valence electrons. The number of para-hydroxylation sites is 2. The number of hydrogen-bond donors (Lipinski definition) is 1. The van der Waals surface area contributed by atoms with Crippen molar-refractivity contribution in [3.8, 4) is 0 Å². The van der Waals surface area contributed by atoms with Crippen LogP contribution < -0.4 is 15.1 Å². The van der Waals surface area contributed by atoms with Crippen LogP contribution in [0.3, 0.4) is 0 Å². The average molecular weight is 425 g/mol. The van der Waals surface area contributed by atoms with Gasteiger partial charge >= 0.3 is 0 Å². The van der Waals surface area contributed by atoms with E-state index < -0.39 is 11.7 Å². The third kappa shape index (κ3) is 4.56. The van der Waals surface area contributed by atoms with Crippen LogP contribution in [-0.4, -0.2) is 56.0 Å². The number of amides is 2. The topological polar surface area (TPSA) is 55.9 Å². The number of carbonyl (C=O) groups excluding carboxylic acids is 2. The Balaban J connectivity index is 1.45. The first-order chi connectivity index (χ1) is 15.0. The predicted octanol–water partition coefficient (Wildman–Crippen LogP) is 3.27. The van der Waals surface area contributed by atoms with Crippen molar-refractivity contribution in [2.45, 2.75) is 20.3 Å². The lowest BCUT2D eigenvalue weighted by Gasteiger charge is -2.36. The predicted molar refractivity (Wildman–Crippen MR) is 121 cm³/mol. The molecular weight excluding hydrogens is 395 g/mol. The smallest absolute Gasteiger partial charge is 0.229 e. The van der Waals surface area contributed by atoms with Crippen LogP contribution in [-0.2, 0) is 9.59 Å². The number of hydrogen-bond acceptors (Lipinski definition) is 4. The van der Waals surface area contributed by atoms with Crippen molar-refractivity contribution in [3.63, 3.8) is 0 Å². The number of halogens is 1. The van der Waals surface area contributed by atoms with E-state index in [1.54, 1.807) is 19.1 Å². The van der Waals surface area contributed by atoms with E-state index in [0.29, 0.717) is 0 Å². The zero-order valence-electron chi connectivity index (χ0n) is 18.1. The van der Waals surface area contributed by atoms with Crippen molar-refractivity contribution >= 4 is 28.9 Å². The second-order valence-electron chi connectivity index (χ2n) is 8.29. The summed E-state index contributed by atoms with van der Waals surface area (Å²) in [5, 5.41) is 3.02. The van der Waals surface area contributed by atoms with Gasteiger partial charge in [0.25, 0.3) is 0 Å². The molecule has 2 saturated heterocycles. The molecule has 0 bridgehead atoms. The number of nitrogens with one attached hydrogen (secondary N) is 1. The van der Waals surface area contributed by atoms with Crippen LogP contribution in [0.1, 0.15) is 18.9 Å². The summed E-state index contributed by atoms with van der Waals surface area (Å²) in [6.07, 6.45) is 0.0799. The highest BCUT2D eigenvalue weighted by Crippen LogP contribution is 2.31. The van der Waals surface area contributed by atoms with Crippen LogP contribution in [0, 0.1) is 18.7 Å². The Bertz CT molecular complexity index is 972. The Morgan fingerprint density at radius 1 is 1.10 bits per heavy atom. The molecule has 2 fully saturated rings. The Labute approximate surface area is 182 Å². The number of rotatable bonds is 5. The van der Waals surface area contributed by atoms with Crippen molar-refractivity contribution < 1.29 is 14.0 Å². The number of carbonyl (C=O) groups is 2. The monoisotopic (exact) mass is 424 g/mol. The standard InChI is InChI=1S/C24H29FN4O2/c1-3-27-10-12-28(13-11-27)22-7-5-4-6-20(22)26-24(31)18-15-23(30)29(16-18)21-9-8-17(2)14-19(21)25/h4-9,14,18H,3,10-13,15-16H2,1-2H3,(H,26,31). The summed E-state index contributed by atoms with van der Waals surface area (Å²) in [6.45, 7) is 8.99. The molecule has 1 atom stereocenters. The molecule has 2 aromatic rings. The summed E-state index contributed by atoms with van der Waals surface area (Å²) in [5.74, 6) is -1.39. The zero-order chi connectivity index (χ0) is 22.0. The third-order valence-corrected chi connectivity index (χ3v) is 6.21. The zero-order valence-corrected chi connectivity index (χ0v) is 18.1. The largest absolute Gasteiger partial charge is 0.367 e. The van der Waals surface area contributed by atoms with Crippen LogP contribution in [0.5, 0.6) is 0 Å². The summed E-state index contributed by atoms with van der Waals surface area (Å²) >= 11 is 0. The highest BCUT2D eigenvalue weighted by molar-refractivity contribution is 6.04. The minimum absolute atomic E-state index is 0.0799. The summed E-state index contributed by atoms with van der Waals surface area (Å²) in [5.41, 5.74) is 2.78. The first kappa shape index (κ1) is 21.3. The van der Waals surface area contributed by atoms with Crippen LogP contribution in [0.25, 0.3) is 0 Å². The van der Waals surface area contributed by atoms with Crippen LogP contribution >= 0.6 is 0 Å². The van der Waals surface area contributed by atoms with Gasteiger partial charge in [-0.15, -0.1) is 0 Å². The van der Waals surface area contributed by atoms with Crippen molar-refractivity contribution in [1.82, 2.24) is 4.90 Å². The molecule has 2 aromatic carbocycles. The van der Waals surface area contributed by atoms with Crippen molar-refractivity contribution in [1.29, 1.82) is 0 Å². The Hall–Kier alpha value is -2.93. The molecule has 0 spiro atoms. The van der Waals surface area contributed by atoms with Gasteiger partial charge in [-0.2, -0.15) is 0 Å². The van der Waals surface area contributed by atoms with Gasteiger partial charge in [-0.1, -0.05) is 25.1 Å². The van der Waals surface area contributed by atoms with E-state index in [1.165, 1.54) is 11.0 Å². The number of likely N-dealkylation sites (N-methyl/N-ethyl adjacent to an activating group) is 1. The molecule has 2 aliphatic rings. The van der Waals surface area contributed by atoms with Gasteiger partial charge in [-0.3, -0.25) is 9.59 Å². The number of nitrogens with zero attached hydrogens (tertiary/aromatic N) is 3. The highest BCUT2D eigenvalue weighted by atomic mass is 19.1. The van der Waals surface area contributed by atoms with Gasteiger partial charge < -0.3 is 20.0 Å². The van der Waals surface area contributed by atoms with E-state index >= 15 is 0 Å². The van der Waals surface area contributed by atoms with E-state index in [-0.39, 0.29) is 30.5 Å². The quantitative estimate of drug-likeness (QED) is 0.801. The Kier molecular flexibility index (Phi) is 6.23. The molecule has 1 N–H and O–H groups in total. The molecule has 2 heterocycles. The van der Waals surface area contributed by atoms with Crippen LogP contribution in [0.4, 0.5) is 21.5 Å². The molecule has 0 saturated carbocycles. The summed E-state index contributed by atoms with van der Waals surface area (Å²) < 4.78 is 14.4. The van der Waals surface area contributed by atoms with Crippen molar-refractivity contribution in [2.75, 3.05) is 54.4 Å². The Morgan fingerprint density at radius 2 is 1.84 bits per heavy atom. The number of aryl methyl sites for hydroxylation is 1. The van der Waals surface area contributed by atoms with Gasteiger partial charge in [0.15, 0.2) is 0 Å². The summed E-state index contributed by atoms with van der Waals surface area (Å²) in [7, 11) is 0. The summed E-state index contributed by atoms with van der Waals surface area (Å²) in [6, 6.07) is 12.6. The normalized spacial score (nSPS) is 19.7. The maximum Gasteiger partial charge on any atom is 0.229 e. The molecule has 2 aliphatic heterocycles. The maximum absolute atomic E-state index is 14.4. The number of anilines is 3. The van der Waals surface area contributed by atoms with E-state index in [9.17, 15) is 14.0 Å². The minimum Gasteiger partial charge on any atom is -0.367 e. The summed E-state index contributed by atoms with van der Waals surface area (Å²) in [4.78, 5) is 31.6. The second-order valence-corrected chi connectivity index (χ2v) is 8.29. The van der Waals surface area contributed by atoms with E-state index in [4.69, 9.17) is 0 Å². The molecule has 7 heteroatoms. The fourth-order valence-corrected chi connectivity index (χ4v) is 4.34. The lowest BCUT2D eigenvalue weighted by molar-refractivity contribution is -0.122. The maximum atomic E-state index is 14.4. The Morgan fingerprint density at radius 3 is 2.55 bits per heavy atom. The SMILES string of the molecule is CCN1CCN(c2ccccc2NC(=O)C2CC(=O)N(c3ccc(C)cc3F)C2)CC1. The fourth-order valence-electron chi connectivity index (χ4n) is 4.34. The molecule has 0 aromatic heterocycles. The van der Waals surface area contributed by atoms with Gasteiger partial charge in [-0.05, 0) is 43.3 Å². The third-order valence-electron chi connectivity index (χ3n) is 6.21. The van der Waals surface area contributed by atoms with Gasteiger partial charge in [0, 0.05) is 39.1 Å². The van der Waals surface area contributed by atoms with E-state index in [0.717, 1.165) is 49.7 Å². The second kappa shape index (κ2) is 9.06. The van der Waals surface area contributed by atoms with Crippen molar-refractivity contribution in [2.24, 2.45) is 5.92 Å². The van der Waals surface area contributed by atoms with Crippen LogP contribution in [0.2, 0.25) is 0 Å². The average Bonchev–Trinajstić information content (AvgIpc) is 3.16. The lowest BCUT2D eigenvalue weighted by atomic mass is 10.1. The first-order valence-electron chi connectivity index (χ1n) is 10.9. The number of piperazine rings is 1. The molecular formula is C24H29FN4O2. The number of benzene rings is 2. The van der Waals surface area contributed by atoms with E-state index in [1.807, 2.05) is 24.3 Å². The minimum atomic E-state index is -0.516. The molecule has 6 nitrogen and oxygen atoms in total. The van der Waals surface area contributed by atoms with Gasteiger partial charge in [0.2, 0.25) is 11.8 Å². The van der Waals surface area contributed by atoms with Crippen LogP contribution in [0.15, 0.2) is 42.5 Å². The molecule has 1 unspecified atom stereocenters. The molecule has 0 radical (unpaired) electrons. The molecule has 31 heavy (non-hydrogen) atoms. The molecule has 2 amide bonds. The van der Waals surface area contributed by atoms with E-state index in [2.05, 4.69) is 22.0 Å². The fraction of sp³-hybridized carbons (Fsp3) is 0.417.